The number of nitrogens with one attached hydrogen (secondary N) is 3. The normalized spacial score (nSPS) is 17.4. The predicted molar refractivity (Wildman–Crippen MR) is 221 cm³/mol. The van der Waals surface area contributed by atoms with Crippen LogP contribution in [0.15, 0.2) is 36.4 Å². The van der Waals surface area contributed by atoms with E-state index in [0.29, 0.717) is 40.2 Å². The van der Waals surface area contributed by atoms with Gasteiger partial charge >= 0.3 is 5.97 Å². The molecule has 2 aromatic rings. The van der Waals surface area contributed by atoms with Crippen molar-refractivity contribution < 1.29 is 38.6 Å². The second kappa shape index (κ2) is 24.8. The lowest BCUT2D eigenvalue weighted by atomic mass is 9.93. The summed E-state index contributed by atoms with van der Waals surface area (Å²) in [6.07, 6.45) is 13.3. The fourth-order valence-corrected chi connectivity index (χ4v) is 7.00. The highest BCUT2D eigenvalue weighted by molar-refractivity contribution is 5.96. The van der Waals surface area contributed by atoms with Crippen LogP contribution in [0.1, 0.15) is 121 Å². The number of likely N-dealkylation sites (N-methyl/N-ethyl adjacent to an activating group) is 1. The van der Waals surface area contributed by atoms with E-state index in [1.165, 1.54) is 63.8 Å². The lowest BCUT2D eigenvalue weighted by Gasteiger charge is -2.32. The molecule has 14 nitrogen and oxygen atoms in total. The molecule has 0 saturated carbocycles. The first-order valence-corrected chi connectivity index (χ1v) is 20.8. The van der Waals surface area contributed by atoms with Crippen LogP contribution in [0, 0.1) is 0 Å². The monoisotopic (exact) mass is 794 g/mol. The van der Waals surface area contributed by atoms with Crippen LogP contribution in [0.5, 0.6) is 11.5 Å². The quantitative estimate of drug-likeness (QED) is 0.0849. The first-order valence-electron chi connectivity index (χ1n) is 20.8. The Labute approximate surface area is 338 Å². The maximum atomic E-state index is 14.2. The van der Waals surface area contributed by atoms with Crippen molar-refractivity contribution in [3.05, 3.63) is 47.5 Å². The minimum atomic E-state index is -1.32. The van der Waals surface area contributed by atoms with E-state index in [0.717, 1.165) is 25.7 Å². The van der Waals surface area contributed by atoms with Crippen LogP contribution in [0.2, 0.25) is 0 Å². The molecule has 0 aliphatic carbocycles. The lowest BCUT2D eigenvalue weighted by molar-refractivity contribution is -0.143. The summed E-state index contributed by atoms with van der Waals surface area (Å²) in [7, 11) is 1.48. The zero-order chi connectivity index (χ0) is 41.7. The highest BCUT2D eigenvalue weighted by Gasteiger charge is 2.35. The average molecular weight is 795 g/mol. The molecule has 4 amide bonds. The molecule has 1 aliphatic heterocycles. The molecule has 4 atom stereocenters. The third kappa shape index (κ3) is 14.6. The van der Waals surface area contributed by atoms with E-state index >= 15 is 0 Å². The Morgan fingerprint density at radius 2 is 1.39 bits per heavy atom. The molecule has 316 valence electrons. The van der Waals surface area contributed by atoms with Crippen molar-refractivity contribution in [2.24, 2.45) is 11.5 Å². The van der Waals surface area contributed by atoms with Gasteiger partial charge in [-0.2, -0.15) is 0 Å². The maximum absolute atomic E-state index is 14.2. The summed E-state index contributed by atoms with van der Waals surface area (Å²) in [4.78, 5) is 68.4. The summed E-state index contributed by atoms with van der Waals surface area (Å²) in [6, 6.07) is 5.55. The molecule has 1 heterocycles. The number of carbonyl (C=O) groups is 5. The number of amides is 4. The van der Waals surface area contributed by atoms with Crippen LogP contribution < -0.4 is 36.9 Å². The van der Waals surface area contributed by atoms with Gasteiger partial charge in [-0.3, -0.25) is 19.2 Å². The first-order chi connectivity index (χ1) is 27.4. The summed E-state index contributed by atoms with van der Waals surface area (Å²) >= 11 is 0. The second-order valence-corrected chi connectivity index (χ2v) is 14.9. The molecule has 0 saturated heterocycles. The van der Waals surface area contributed by atoms with Crippen molar-refractivity contribution in [3.8, 4) is 22.6 Å². The highest BCUT2D eigenvalue weighted by atomic mass is 16.5. The van der Waals surface area contributed by atoms with Crippen LogP contribution in [0.3, 0.4) is 0 Å². The van der Waals surface area contributed by atoms with Crippen LogP contribution in [-0.2, 0) is 30.4 Å². The maximum Gasteiger partial charge on any atom is 0.326 e. The number of unbranched alkanes of at least 4 members (excludes halogenated alkanes) is 10. The van der Waals surface area contributed by atoms with Crippen LogP contribution in [0.4, 0.5) is 0 Å². The van der Waals surface area contributed by atoms with Gasteiger partial charge in [0.15, 0.2) is 0 Å². The van der Waals surface area contributed by atoms with Gasteiger partial charge in [-0.15, -0.1) is 0 Å². The van der Waals surface area contributed by atoms with Crippen LogP contribution in [0.25, 0.3) is 11.1 Å². The van der Waals surface area contributed by atoms with Gasteiger partial charge in [-0.05, 0) is 55.2 Å². The van der Waals surface area contributed by atoms with Gasteiger partial charge in [0.1, 0.15) is 48.9 Å². The topological polar surface area (TPSA) is 215 Å². The van der Waals surface area contributed by atoms with Gasteiger partial charge < -0.3 is 46.9 Å². The standard InChI is InChI=1S/C43H66N6O8/c1-5-7-8-9-10-11-12-13-14-15-16-17-38(50)47-34(6-2)42(53)49(4)39-31-19-21-37(57-25-23-45)33(28-31)32-26-30(18-20-36(32)56-24-22-44)27-35(43(54)55)48-40(51)29(3)46-41(39)52/h18-21,26,28-29,34-35,39H,5-17,22-25,27,44-45H2,1-4H3,(H,46,52)(H,47,50)(H,48,51)(H,54,55). The largest absolute Gasteiger partial charge is 0.492 e. The van der Waals surface area contributed by atoms with E-state index < -0.39 is 47.9 Å². The lowest BCUT2D eigenvalue weighted by Crippen LogP contribution is -2.54. The second-order valence-electron chi connectivity index (χ2n) is 14.9. The van der Waals surface area contributed by atoms with Gasteiger partial charge in [0.25, 0.3) is 0 Å². The Kier molecular flexibility index (Phi) is 20.3. The minimum Gasteiger partial charge on any atom is -0.492 e. The Hall–Kier alpha value is -4.69. The highest BCUT2D eigenvalue weighted by Crippen LogP contribution is 2.40. The van der Waals surface area contributed by atoms with Crippen molar-refractivity contribution in [1.29, 1.82) is 0 Å². The van der Waals surface area contributed by atoms with E-state index in [1.807, 2.05) is 0 Å². The SMILES string of the molecule is CCCCCCCCCCCCCC(=O)NC(CC)C(=O)N(C)C1C(=O)NC(C)C(=O)NC(C(=O)O)Cc2ccc(OCCN)c(c2)-c2cc1ccc2OCCN. The number of benzene rings is 2. The zero-order valence-electron chi connectivity index (χ0n) is 34.4. The number of aliphatic carboxylic acids is 1. The molecule has 0 radical (unpaired) electrons. The molecule has 4 bridgehead atoms. The van der Waals surface area contributed by atoms with Crippen molar-refractivity contribution in [3.63, 3.8) is 0 Å². The molecule has 0 spiro atoms. The number of fused-ring (bicyclic) bond motifs is 5. The molecule has 8 N–H and O–H groups in total. The molecular weight excluding hydrogens is 729 g/mol. The number of carboxylic acid groups (broad SMARTS) is 1. The smallest absolute Gasteiger partial charge is 0.326 e. The first kappa shape index (κ1) is 46.7. The number of hydrogen-bond donors (Lipinski definition) is 6. The number of ether oxygens (including phenoxy) is 2. The number of carbonyl (C=O) groups excluding carboxylic acids is 4. The minimum absolute atomic E-state index is 0.0617. The summed E-state index contributed by atoms with van der Waals surface area (Å²) in [6.45, 7) is 6.26. The van der Waals surface area contributed by atoms with Gasteiger partial charge in [0, 0.05) is 44.1 Å². The summed E-state index contributed by atoms with van der Waals surface area (Å²) in [5.74, 6) is -2.54. The van der Waals surface area contributed by atoms with E-state index in [4.69, 9.17) is 20.9 Å². The molecule has 0 fully saturated rings. The Morgan fingerprint density at radius 3 is 1.95 bits per heavy atom. The Balaban J connectivity index is 1.92. The van der Waals surface area contributed by atoms with E-state index in [1.54, 1.807) is 43.3 Å². The third-order valence-electron chi connectivity index (χ3n) is 10.2. The number of nitrogens with two attached hydrogens (primary N) is 2. The third-order valence-corrected chi connectivity index (χ3v) is 10.2. The van der Waals surface area contributed by atoms with Gasteiger partial charge in [0.2, 0.25) is 23.6 Å². The van der Waals surface area contributed by atoms with E-state index in [9.17, 15) is 29.1 Å². The van der Waals surface area contributed by atoms with E-state index in [2.05, 4.69) is 22.9 Å². The fraction of sp³-hybridized carbons (Fsp3) is 0.605. The molecule has 1 aliphatic rings. The van der Waals surface area contributed by atoms with Crippen molar-refractivity contribution in [2.45, 2.75) is 135 Å². The number of rotatable bonds is 23. The Morgan fingerprint density at radius 1 is 0.825 bits per heavy atom. The van der Waals surface area contributed by atoms with Crippen molar-refractivity contribution >= 4 is 29.6 Å². The molecule has 4 unspecified atom stereocenters. The average Bonchev–Trinajstić information content (AvgIpc) is 3.19. The summed E-state index contributed by atoms with van der Waals surface area (Å²) in [5.41, 5.74) is 13.6. The van der Waals surface area contributed by atoms with Crippen molar-refractivity contribution in [2.75, 3.05) is 33.4 Å². The molecule has 57 heavy (non-hydrogen) atoms. The van der Waals surface area contributed by atoms with Crippen LogP contribution >= 0.6 is 0 Å². The number of hydrogen-bond acceptors (Lipinski definition) is 9. The number of nitrogens with zero attached hydrogens (tertiary/aromatic N) is 1. The van der Waals surface area contributed by atoms with Gasteiger partial charge in [0.05, 0.1) is 0 Å². The molecule has 0 aromatic heterocycles. The summed E-state index contributed by atoms with van der Waals surface area (Å²) < 4.78 is 12.1. The van der Waals surface area contributed by atoms with E-state index in [-0.39, 0.29) is 45.1 Å². The predicted octanol–water partition coefficient (Wildman–Crippen LogP) is 4.75. The van der Waals surface area contributed by atoms with Gasteiger partial charge in [-0.1, -0.05) is 90.2 Å². The molecular formula is C43H66N6O8. The van der Waals surface area contributed by atoms with Crippen molar-refractivity contribution in [1.82, 2.24) is 20.9 Å². The Bertz CT molecular complexity index is 1620. The summed E-state index contributed by atoms with van der Waals surface area (Å²) in [5, 5.41) is 18.2. The number of carboxylic acids is 1. The zero-order valence-corrected chi connectivity index (χ0v) is 34.4. The molecule has 3 rings (SSSR count). The fourth-order valence-electron chi connectivity index (χ4n) is 7.00. The molecule has 14 heteroatoms. The van der Waals surface area contributed by atoms with Gasteiger partial charge in [-0.25, -0.2) is 4.79 Å². The van der Waals surface area contributed by atoms with Crippen LogP contribution in [-0.4, -0.2) is 91.1 Å². The molecule has 2 aromatic carbocycles.